The summed E-state index contributed by atoms with van der Waals surface area (Å²) in [5, 5.41) is 0.695. The Morgan fingerprint density at radius 2 is 2.15 bits per heavy atom. The molecular formula is C15H15BrClNOS. The average Bonchev–Trinajstić information content (AvgIpc) is 2.75. The van der Waals surface area contributed by atoms with Crippen molar-refractivity contribution in [1.82, 2.24) is 4.90 Å². The molecule has 1 amide bonds. The molecule has 0 unspecified atom stereocenters. The summed E-state index contributed by atoms with van der Waals surface area (Å²) in [5.74, 6) is 0.0614. The highest BCUT2D eigenvalue weighted by atomic mass is 79.9. The van der Waals surface area contributed by atoms with Crippen LogP contribution in [0.4, 0.5) is 0 Å². The van der Waals surface area contributed by atoms with Crippen LogP contribution in [-0.4, -0.2) is 17.4 Å². The minimum Gasteiger partial charge on any atom is -0.334 e. The number of amides is 1. The standard InChI is InChI=1S/C15H15BrClNOS/c1-3-18(9-11-5-4-6-12(17)8-11)15(19)13-7-10(2)14(16)20-13/h4-8H,3,9H2,1-2H3. The summed E-state index contributed by atoms with van der Waals surface area (Å²) in [4.78, 5) is 15.1. The molecule has 5 heteroatoms. The summed E-state index contributed by atoms with van der Waals surface area (Å²) in [6.07, 6.45) is 0. The lowest BCUT2D eigenvalue weighted by Gasteiger charge is -2.20. The molecule has 2 rings (SSSR count). The first-order valence-corrected chi connectivity index (χ1v) is 8.29. The van der Waals surface area contributed by atoms with Gasteiger partial charge in [0.1, 0.15) is 0 Å². The van der Waals surface area contributed by atoms with Crippen LogP contribution in [0.2, 0.25) is 5.02 Å². The van der Waals surface area contributed by atoms with Gasteiger partial charge in [-0.15, -0.1) is 11.3 Å². The number of carbonyl (C=O) groups excluding carboxylic acids is 1. The van der Waals surface area contributed by atoms with Crippen LogP contribution >= 0.6 is 38.9 Å². The topological polar surface area (TPSA) is 20.3 Å². The number of aryl methyl sites for hydroxylation is 1. The zero-order valence-electron chi connectivity index (χ0n) is 11.3. The molecule has 0 N–H and O–H groups in total. The minimum absolute atomic E-state index is 0.0614. The zero-order chi connectivity index (χ0) is 14.7. The third kappa shape index (κ3) is 3.62. The largest absolute Gasteiger partial charge is 0.334 e. The van der Waals surface area contributed by atoms with Crippen molar-refractivity contribution in [2.24, 2.45) is 0 Å². The molecule has 0 aliphatic rings. The Balaban J connectivity index is 2.17. The molecule has 106 valence electrons. The van der Waals surface area contributed by atoms with Crippen LogP contribution in [0, 0.1) is 6.92 Å². The van der Waals surface area contributed by atoms with E-state index in [9.17, 15) is 4.79 Å². The number of hydrogen-bond acceptors (Lipinski definition) is 2. The van der Waals surface area contributed by atoms with E-state index in [0.29, 0.717) is 18.1 Å². The van der Waals surface area contributed by atoms with Gasteiger partial charge in [0.15, 0.2) is 0 Å². The van der Waals surface area contributed by atoms with Crippen LogP contribution in [0.25, 0.3) is 0 Å². The number of carbonyl (C=O) groups is 1. The number of hydrogen-bond donors (Lipinski definition) is 0. The molecule has 0 spiro atoms. The minimum atomic E-state index is 0.0614. The molecule has 1 heterocycles. The second kappa shape index (κ2) is 6.74. The maximum Gasteiger partial charge on any atom is 0.264 e. The van der Waals surface area contributed by atoms with E-state index >= 15 is 0 Å². The molecule has 20 heavy (non-hydrogen) atoms. The molecule has 1 aromatic carbocycles. The van der Waals surface area contributed by atoms with E-state index < -0.39 is 0 Å². The third-order valence-electron chi connectivity index (χ3n) is 3.00. The Morgan fingerprint density at radius 3 is 2.70 bits per heavy atom. The molecule has 2 nitrogen and oxygen atoms in total. The van der Waals surface area contributed by atoms with E-state index in [4.69, 9.17) is 11.6 Å². The molecule has 0 bridgehead atoms. The van der Waals surface area contributed by atoms with Crippen LogP contribution in [0.1, 0.15) is 27.7 Å². The van der Waals surface area contributed by atoms with Crippen LogP contribution < -0.4 is 0 Å². The first-order valence-electron chi connectivity index (χ1n) is 6.31. The summed E-state index contributed by atoms with van der Waals surface area (Å²) in [7, 11) is 0. The van der Waals surface area contributed by atoms with E-state index in [1.54, 1.807) is 0 Å². The van der Waals surface area contributed by atoms with Gasteiger partial charge < -0.3 is 4.90 Å². The summed E-state index contributed by atoms with van der Waals surface area (Å²) >= 11 is 10.9. The predicted molar refractivity (Wildman–Crippen MR) is 88.6 cm³/mol. The van der Waals surface area contributed by atoms with Crippen molar-refractivity contribution < 1.29 is 4.79 Å². The Labute approximate surface area is 136 Å². The van der Waals surface area contributed by atoms with E-state index in [1.165, 1.54) is 11.3 Å². The van der Waals surface area contributed by atoms with Gasteiger partial charge in [0, 0.05) is 18.1 Å². The van der Waals surface area contributed by atoms with Crippen LogP contribution in [0.15, 0.2) is 34.1 Å². The summed E-state index contributed by atoms with van der Waals surface area (Å²) < 4.78 is 1.01. The number of rotatable bonds is 4. The number of halogens is 2. The lowest BCUT2D eigenvalue weighted by atomic mass is 10.2. The Bertz CT molecular complexity index is 607. The van der Waals surface area contributed by atoms with Gasteiger partial charge in [-0.1, -0.05) is 23.7 Å². The predicted octanol–water partition coefficient (Wildman–Crippen LogP) is 5.13. The molecule has 2 aromatic rings. The van der Waals surface area contributed by atoms with Crippen LogP contribution in [-0.2, 0) is 6.54 Å². The first-order chi connectivity index (χ1) is 9.51. The van der Waals surface area contributed by atoms with Gasteiger partial charge >= 0.3 is 0 Å². The highest BCUT2D eigenvalue weighted by molar-refractivity contribution is 9.11. The fourth-order valence-corrected chi connectivity index (χ4v) is 3.62. The molecule has 1 aromatic heterocycles. The van der Waals surface area contributed by atoms with Crippen molar-refractivity contribution in [2.45, 2.75) is 20.4 Å². The van der Waals surface area contributed by atoms with Gasteiger partial charge in [-0.3, -0.25) is 4.79 Å². The second-order valence-corrected chi connectivity index (χ2v) is 7.32. The van der Waals surface area contributed by atoms with E-state index in [1.807, 2.05) is 49.1 Å². The van der Waals surface area contributed by atoms with E-state index in [-0.39, 0.29) is 5.91 Å². The summed E-state index contributed by atoms with van der Waals surface area (Å²) in [6.45, 7) is 5.22. The average molecular weight is 373 g/mol. The highest BCUT2D eigenvalue weighted by Crippen LogP contribution is 2.28. The van der Waals surface area contributed by atoms with Gasteiger partial charge in [0.05, 0.1) is 8.66 Å². The van der Waals surface area contributed by atoms with Gasteiger partial charge in [-0.05, 0) is 59.1 Å². The number of thiophene rings is 1. The Kier molecular flexibility index (Phi) is 5.24. The van der Waals surface area contributed by atoms with Gasteiger partial charge in [0.2, 0.25) is 0 Å². The van der Waals surface area contributed by atoms with Gasteiger partial charge in [-0.25, -0.2) is 0 Å². The lowest BCUT2D eigenvalue weighted by molar-refractivity contribution is 0.0757. The molecule has 0 aliphatic heterocycles. The molecule has 0 saturated heterocycles. The van der Waals surface area contributed by atoms with E-state index in [0.717, 1.165) is 19.8 Å². The smallest absolute Gasteiger partial charge is 0.264 e. The molecule has 0 saturated carbocycles. The molecular weight excluding hydrogens is 358 g/mol. The van der Waals surface area contributed by atoms with Crippen LogP contribution in [0.5, 0.6) is 0 Å². The molecule has 0 aliphatic carbocycles. The first kappa shape index (κ1) is 15.5. The number of benzene rings is 1. The molecule has 0 fully saturated rings. The fourth-order valence-electron chi connectivity index (χ4n) is 1.90. The monoisotopic (exact) mass is 371 g/mol. The van der Waals surface area contributed by atoms with Crippen molar-refractivity contribution in [1.29, 1.82) is 0 Å². The maximum atomic E-state index is 12.5. The highest BCUT2D eigenvalue weighted by Gasteiger charge is 2.17. The fraction of sp³-hybridized carbons (Fsp3) is 0.267. The Hall–Kier alpha value is -0.840. The SMILES string of the molecule is CCN(Cc1cccc(Cl)c1)C(=O)c1cc(C)c(Br)s1. The molecule has 0 radical (unpaired) electrons. The summed E-state index contributed by atoms with van der Waals surface area (Å²) in [5.41, 5.74) is 2.14. The van der Waals surface area contributed by atoms with Crippen molar-refractivity contribution in [3.05, 3.63) is 55.1 Å². The summed E-state index contributed by atoms with van der Waals surface area (Å²) in [6, 6.07) is 9.55. The lowest BCUT2D eigenvalue weighted by Crippen LogP contribution is -2.29. The Morgan fingerprint density at radius 1 is 1.40 bits per heavy atom. The van der Waals surface area contributed by atoms with Crippen molar-refractivity contribution in [3.63, 3.8) is 0 Å². The second-order valence-electron chi connectivity index (χ2n) is 4.52. The maximum absolute atomic E-state index is 12.5. The van der Waals surface area contributed by atoms with Crippen LogP contribution in [0.3, 0.4) is 0 Å². The van der Waals surface area contributed by atoms with Crippen molar-refractivity contribution in [2.75, 3.05) is 6.54 Å². The van der Waals surface area contributed by atoms with Crippen molar-refractivity contribution in [3.8, 4) is 0 Å². The van der Waals surface area contributed by atoms with E-state index in [2.05, 4.69) is 15.9 Å². The molecule has 0 atom stereocenters. The normalized spacial score (nSPS) is 10.6. The quantitative estimate of drug-likeness (QED) is 0.728. The van der Waals surface area contributed by atoms with Gasteiger partial charge in [-0.2, -0.15) is 0 Å². The van der Waals surface area contributed by atoms with Crippen molar-refractivity contribution >= 4 is 44.8 Å². The van der Waals surface area contributed by atoms with Gasteiger partial charge in [0.25, 0.3) is 5.91 Å². The zero-order valence-corrected chi connectivity index (χ0v) is 14.5. The third-order valence-corrected chi connectivity index (χ3v) is 5.36. The number of nitrogens with zero attached hydrogens (tertiary/aromatic N) is 1.